The summed E-state index contributed by atoms with van der Waals surface area (Å²) in [6.07, 6.45) is 5.96. The summed E-state index contributed by atoms with van der Waals surface area (Å²) < 4.78 is 10.7. The Morgan fingerprint density at radius 3 is 2.36 bits per heavy atom. The molecule has 0 N–H and O–H groups in total. The average molecular weight is 368 g/mol. The molecule has 0 unspecified atom stereocenters. The number of allylic oxidation sites excluding steroid dienone is 2. The number of hydrogen-bond acceptors (Lipinski definition) is 3. The minimum Gasteiger partial charge on any atom is -0.493 e. The number of ketones is 1. The highest BCUT2D eigenvalue weighted by molar-refractivity contribution is 6.30. The molecule has 138 valence electrons. The van der Waals surface area contributed by atoms with Crippen molar-refractivity contribution in [1.29, 1.82) is 0 Å². The van der Waals surface area contributed by atoms with Gasteiger partial charge in [-0.15, -0.1) is 0 Å². The molecule has 3 heteroatoms. The third kappa shape index (κ3) is 3.35. The molecule has 3 nitrogen and oxygen atoms in total. The van der Waals surface area contributed by atoms with Crippen molar-refractivity contribution in [3.8, 4) is 11.5 Å². The maximum absolute atomic E-state index is 12.9. The highest BCUT2D eigenvalue weighted by atomic mass is 16.5. The van der Waals surface area contributed by atoms with E-state index < -0.39 is 0 Å². The zero-order valence-corrected chi connectivity index (χ0v) is 15.8. The summed E-state index contributed by atoms with van der Waals surface area (Å²) in [6, 6.07) is 21.3. The van der Waals surface area contributed by atoms with Crippen LogP contribution in [0.25, 0.3) is 17.7 Å². The summed E-state index contributed by atoms with van der Waals surface area (Å²) in [4.78, 5) is 12.9. The molecule has 0 saturated heterocycles. The standard InChI is InChI=1S/C25H20O3/c1-27-23-13-9-18(16-24(23)28-2)14-17-8-10-19-11-12-21(22(19)15-17)25(26)20-6-4-3-5-7-20/h3-16H,1-2H3. The van der Waals surface area contributed by atoms with Crippen LogP contribution in [0, 0.1) is 0 Å². The molecule has 1 aliphatic rings. The molecule has 3 aromatic rings. The van der Waals surface area contributed by atoms with Crippen LogP contribution in [0.4, 0.5) is 0 Å². The van der Waals surface area contributed by atoms with E-state index in [1.807, 2.05) is 66.7 Å². The lowest BCUT2D eigenvalue weighted by molar-refractivity contribution is 0.105. The zero-order valence-electron chi connectivity index (χ0n) is 15.8. The summed E-state index contributed by atoms with van der Waals surface area (Å²) >= 11 is 0. The predicted molar refractivity (Wildman–Crippen MR) is 112 cm³/mol. The van der Waals surface area contributed by atoms with Gasteiger partial charge in [0.25, 0.3) is 0 Å². The van der Waals surface area contributed by atoms with E-state index >= 15 is 0 Å². The third-order valence-electron chi connectivity index (χ3n) is 4.82. The van der Waals surface area contributed by atoms with E-state index in [1.54, 1.807) is 14.2 Å². The van der Waals surface area contributed by atoms with Gasteiger partial charge in [-0.25, -0.2) is 0 Å². The molecule has 3 aromatic carbocycles. The van der Waals surface area contributed by atoms with E-state index in [0.29, 0.717) is 17.1 Å². The summed E-state index contributed by atoms with van der Waals surface area (Å²) in [5, 5.41) is 2.08. The van der Waals surface area contributed by atoms with Crippen molar-refractivity contribution >= 4 is 23.5 Å². The van der Waals surface area contributed by atoms with E-state index in [4.69, 9.17) is 9.47 Å². The van der Waals surface area contributed by atoms with Crippen LogP contribution in [0.1, 0.15) is 21.5 Å². The second-order valence-electron chi connectivity index (χ2n) is 6.55. The van der Waals surface area contributed by atoms with E-state index in [1.165, 1.54) is 0 Å². The van der Waals surface area contributed by atoms with Crippen LogP contribution < -0.4 is 19.9 Å². The first-order chi connectivity index (χ1) is 13.7. The average Bonchev–Trinajstić information content (AvgIpc) is 3.17. The molecule has 0 aliphatic heterocycles. The van der Waals surface area contributed by atoms with Crippen LogP contribution in [0.15, 0.2) is 72.8 Å². The first kappa shape index (κ1) is 17.8. The zero-order chi connectivity index (χ0) is 19.5. The third-order valence-corrected chi connectivity index (χ3v) is 4.82. The first-order valence-electron chi connectivity index (χ1n) is 9.05. The number of rotatable bonds is 5. The fourth-order valence-electron chi connectivity index (χ4n) is 3.38. The van der Waals surface area contributed by atoms with Crippen molar-refractivity contribution in [2.75, 3.05) is 14.2 Å². The molecule has 0 radical (unpaired) electrons. The number of benzene rings is 3. The molecular weight excluding hydrogens is 348 g/mol. The van der Waals surface area contributed by atoms with Crippen LogP contribution >= 0.6 is 0 Å². The number of methoxy groups -OCH3 is 2. The Labute approximate surface area is 163 Å². The van der Waals surface area contributed by atoms with Crippen molar-refractivity contribution in [1.82, 2.24) is 0 Å². The van der Waals surface area contributed by atoms with Crippen molar-refractivity contribution in [2.24, 2.45) is 0 Å². The van der Waals surface area contributed by atoms with Crippen LogP contribution in [0.2, 0.25) is 0 Å². The number of fused-ring (bicyclic) bond motifs is 1. The maximum Gasteiger partial charge on any atom is 0.193 e. The monoisotopic (exact) mass is 368 g/mol. The molecule has 0 spiro atoms. The first-order valence-corrected chi connectivity index (χ1v) is 9.05. The van der Waals surface area contributed by atoms with Gasteiger partial charge in [0.1, 0.15) is 0 Å². The fourth-order valence-corrected chi connectivity index (χ4v) is 3.38. The van der Waals surface area contributed by atoms with E-state index in [9.17, 15) is 4.79 Å². The number of carbonyl (C=O) groups excluding carboxylic acids is 1. The molecule has 0 heterocycles. The van der Waals surface area contributed by atoms with Crippen molar-refractivity contribution in [3.05, 3.63) is 99.9 Å². The lowest BCUT2D eigenvalue weighted by Crippen LogP contribution is -2.14. The fraction of sp³-hybridized carbons (Fsp3) is 0.0800. The van der Waals surface area contributed by atoms with Gasteiger partial charge in [-0.3, -0.25) is 4.79 Å². The van der Waals surface area contributed by atoms with Gasteiger partial charge in [-0.1, -0.05) is 54.6 Å². The van der Waals surface area contributed by atoms with Gasteiger partial charge in [0.05, 0.1) is 14.2 Å². The normalized spacial score (nSPS) is 12.8. The molecule has 0 aromatic heterocycles. The van der Waals surface area contributed by atoms with Crippen molar-refractivity contribution in [3.63, 3.8) is 0 Å². The molecule has 4 rings (SSSR count). The Morgan fingerprint density at radius 2 is 1.61 bits per heavy atom. The molecule has 0 atom stereocenters. The predicted octanol–water partition coefficient (Wildman–Crippen LogP) is 3.59. The summed E-state index contributed by atoms with van der Waals surface area (Å²) in [6.45, 7) is 0. The lowest BCUT2D eigenvalue weighted by Gasteiger charge is -2.08. The number of Topliss-reactive ketones (excluding diaryl/α,β-unsaturated/α-hetero) is 1. The highest BCUT2D eigenvalue weighted by Gasteiger charge is 2.17. The van der Waals surface area contributed by atoms with Gasteiger partial charge >= 0.3 is 0 Å². The Balaban J connectivity index is 1.72. The topological polar surface area (TPSA) is 35.5 Å². The Bertz CT molecular complexity index is 1190. The van der Waals surface area contributed by atoms with Gasteiger partial charge in [0.2, 0.25) is 0 Å². The van der Waals surface area contributed by atoms with Crippen LogP contribution in [0.3, 0.4) is 0 Å². The number of carbonyl (C=O) groups is 1. The van der Waals surface area contributed by atoms with Gasteiger partial charge in [-0.2, -0.15) is 0 Å². The smallest absolute Gasteiger partial charge is 0.193 e. The lowest BCUT2D eigenvalue weighted by atomic mass is 9.97. The maximum atomic E-state index is 12.9. The SMILES string of the molecule is COc1ccc(C=c2ccc3c(c2)C(C(=O)c2ccccc2)=CC=3)cc1OC. The molecule has 0 saturated carbocycles. The Hall–Kier alpha value is -3.59. The van der Waals surface area contributed by atoms with Gasteiger partial charge in [-0.05, 0) is 51.9 Å². The Kier molecular flexibility index (Phi) is 4.81. The Morgan fingerprint density at radius 1 is 0.821 bits per heavy atom. The molecular formula is C25H20O3. The van der Waals surface area contributed by atoms with Crippen LogP contribution in [-0.2, 0) is 0 Å². The number of ether oxygens (including phenoxy) is 2. The van der Waals surface area contributed by atoms with E-state index in [2.05, 4.69) is 18.2 Å². The molecule has 0 fully saturated rings. The van der Waals surface area contributed by atoms with Crippen molar-refractivity contribution < 1.29 is 14.3 Å². The quantitative estimate of drug-likeness (QED) is 0.646. The van der Waals surface area contributed by atoms with Crippen molar-refractivity contribution in [2.45, 2.75) is 0 Å². The largest absolute Gasteiger partial charge is 0.493 e. The van der Waals surface area contributed by atoms with Crippen LogP contribution in [0.5, 0.6) is 11.5 Å². The van der Waals surface area contributed by atoms with E-state index in [-0.39, 0.29) is 5.78 Å². The molecule has 0 amide bonds. The summed E-state index contributed by atoms with van der Waals surface area (Å²) in [5.74, 6) is 1.42. The summed E-state index contributed by atoms with van der Waals surface area (Å²) in [5.41, 5.74) is 3.38. The molecule has 28 heavy (non-hydrogen) atoms. The minimum absolute atomic E-state index is 0.0406. The van der Waals surface area contributed by atoms with Gasteiger partial charge < -0.3 is 9.47 Å². The minimum atomic E-state index is 0.0406. The molecule has 1 aliphatic carbocycles. The summed E-state index contributed by atoms with van der Waals surface area (Å²) in [7, 11) is 3.25. The molecule has 0 bridgehead atoms. The van der Waals surface area contributed by atoms with Gasteiger partial charge in [0.15, 0.2) is 17.3 Å². The number of hydrogen-bond donors (Lipinski definition) is 0. The second kappa shape index (κ2) is 7.57. The van der Waals surface area contributed by atoms with E-state index in [0.717, 1.165) is 27.1 Å². The van der Waals surface area contributed by atoms with Crippen LogP contribution in [-0.4, -0.2) is 20.0 Å². The highest BCUT2D eigenvalue weighted by Crippen LogP contribution is 2.27. The second-order valence-corrected chi connectivity index (χ2v) is 6.55. The van der Waals surface area contributed by atoms with Gasteiger partial charge in [0, 0.05) is 11.1 Å².